The number of methoxy groups -OCH3 is 1. The molecule has 2 atom stereocenters. The fourth-order valence-corrected chi connectivity index (χ4v) is 1.57. The Morgan fingerprint density at radius 2 is 1.83 bits per heavy atom. The van der Waals surface area contributed by atoms with E-state index in [0.29, 0.717) is 11.8 Å². The number of nitrogens with two attached hydrogens (primary N) is 1. The van der Waals surface area contributed by atoms with Crippen molar-refractivity contribution < 1.29 is 4.74 Å². The van der Waals surface area contributed by atoms with Gasteiger partial charge in [-0.05, 0) is 30.7 Å². The van der Waals surface area contributed by atoms with Crippen molar-refractivity contribution in [1.29, 1.82) is 0 Å². The van der Waals surface area contributed by atoms with Gasteiger partial charge in [0.15, 0.2) is 0 Å². The van der Waals surface area contributed by atoms with Gasteiger partial charge in [-0.3, -0.25) is 0 Å². The molecule has 0 spiro atoms. The van der Waals surface area contributed by atoms with Crippen LogP contribution in [0.5, 0.6) is 0 Å². The maximum absolute atomic E-state index is 5.70. The van der Waals surface area contributed by atoms with E-state index in [1.807, 2.05) is 0 Å². The first kappa shape index (κ1) is 11.9. The summed E-state index contributed by atoms with van der Waals surface area (Å²) in [5, 5.41) is 0. The summed E-state index contributed by atoms with van der Waals surface area (Å²) in [5.41, 5.74) is 5.70. The molecule has 0 rings (SSSR count). The zero-order valence-corrected chi connectivity index (χ0v) is 8.84. The molecule has 0 heterocycles. The zero-order valence-electron chi connectivity index (χ0n) is 8.84. The fraction of sp³-hybridized carbons (Fsp3) is 1.00. The highest BCUT2D eigenvalue weighted by atomic mass is 16.5. The lowest BCUT2D eigenvalue weighted by molar-refractivity contribution is 0.124. The minimum Gasteiger partial charge on any atom is -0.384 e. The van der Waals surface area contributed by atoms with E-state index in [4.69, 9.17) is 10.5 Å². The zero-order chi connectivity index (χ0) is 9.56. The molecule has 0 aromatic carbocycles. The van der Waals surface area contributed by atoms with E-state index in [9.17, 15) is 0 Å². The Hall–Kier alpha value is -0.0800. The Labute approximate surface area is 76.5 Å². The van der Waals surface area contributed by atoms with Crippen LogP contribution >= 0.6 is 0 Å². The maximum atomic E-state index is 5.70. The first-order valence-electron chi connectivity index (χ1n) is 4.80. The number of hydrogen-bond acceptors (Lipinski definition) is 2. The Morgan fingerprint density at radius 1 is 1.25 bits per heavy atom. The van der Waals surface area contributed by atoms with Crippen LogP contribution in [0.1, 0.15) is 27.2 Å². The monoisotopic (exact) mass is 173 g/mol. The second-order valence-corrected chi connectivity index (χ2v) is 4.06. The van der Waals surface area contributed by atoms with Crippen LogP contribution in [0.3, 0.4) is 0 Å². The van der Waals surface area contributed by atoms with Crippen LogP contribution in [0.4, 0.5) is 0 Å². The SMILES string of the molecule is COCC(C)C(CN)CC(C)C. The van der Waals surface area contributed by atoms with Crippen LogP contribution in [0, 0.1) is 17.8 Å². The normalized spacial score (nSPS) is 16.5. The quantitative estimate of drug-likeness (QED) is 0.665. The number of ether oxygens (including phenoxy) is 1. The van der Waals surface area contributed by atoms with Gasteiger partial charge in [0.2, 0.25) is 0 Å². The van der Waals surface area contributed by atoms with Crippen LogP contribution in [0.15, 0.2) is 0 Å². The lowest BCUT2D eigenvalue weighted by Gasteiger charge is -2.23. The van der Waals surface area contributed by atoms with Gasteiger partial charge in [0.1, 0.15) is 0 Å². The number of hydrogen-bond donors (Lipinski definition) is 1. The van der Waals surface area contributed by atoms with E-state index in [0.717, 1.165) is 19.1 Å². The molecule has 0 aliphatic heterocycles. The topological polar surface area (TPSA) is 35.2 Å². The Bertz CT molecular complexity index is 104. The molecule has 12 heavy (non-hydrogen) atoms. The van der Waals surface area contributed by atoms with Gasteiger partial charge in [-0.25, -0.2) is 0 Å². The summed E-state index contributed by atoms with van der Waals surface area (Å²) >= 11 is 0. The largest absolute Gasteiger partial charge is 0.384 e. The van der Waals surface area contributed by atoms with Crippen molar-refractivity contribution in [2.75, 3.05) is 20.3 Å². The Kier molecular flexibility index (Phi) is 6.39. The van der Waals surface area contributed by atoms with Crippen molar-refractivity contribution >= 4 is 0 Å². The van der Waals surface area contributed by atoms with E-state index < -0.39 is 0 Å². The van der Waals surface area contributed by atoms with Crippen molar-refractivity contribution in [1.82, 2.24) is 0 Å². The molecule has 0 saturated carbocycles. The molecule has 74 valence electrons. The highest BCUT2D eigenvalue weighted by Gasteiger charge is 2.16. The lowest BCUT2D eigenvalue weighted by Crippen LogP contribution is -2.26. The minimum absolute atomic E-state index is 0.586. The predicted octanol–water partition coefficient (Wildman–Crippen LogP) is 1.89. The third-order valence-electron chi connectivity index (χ3n) is 2.31. The van der Waals surface area contributed by atoms with Gasteiger partial charge < -0.3 is 10.5 Å². The summed E-state index contributed by atoms with van der Waals surface area (Å²) in [5.74, 6) is 1.94. The minimum atomic E-state index is 0.586. The first-order valence-corrected chi connectivity index (χ1v) is 4.80. The Morgan fingerprint density at radius 3 is 2.17 bits per heavy atom. The van der Waals surface area contributed by atoms with Crippen molar-refractivity contribution in [2.24, 2.45) is 23.5 Å². The predicted molar refractivity (Wildman–Crippen MR) is 53.0 cm³/mol. The molecular formula is C10H23NO. The van der Waals surface area contributed by atoms with Crippen LogP contribution < -0.4 is 5.73 Å². The molecule has 2 heteroatoms. The first-order chi connectivity index (χ1) is 5.61. The molecule has 0 amide bonds. The molecule has 2 N–H and O–H groups in total. The average Bonchev–Trinajstić information content (AvgIpc) is 2.00. The lowest BCUT2D eigenvalue weighted by atomic mass is 9.87. The van der Waals surface area contributed by atoms with Crippen LogP contribution in [-0.2, 0) is 4.74 Å². The molecule has 0 aliphatic rings. The molecular weight excluding hydrogens is 150 g/mol. The molecule has 0 saturated heterocycles. The summed E-state index contributed by atoms with van der Waals surface area (Å²) in [6, 6.07) is 0. The molecule has 2 unspecified atom stereocenters. The van der Waals surface area contributed by atoms with Gasteiger partial charge in [-0.1, -0.05) is 20.8 Å². The van der Waals surface area contributed by atoms with E-state index in [2.05, 4.69) is 20.8 Å². The summed E-state index contributed by atoms with van der Waals surface area (Å²) in [6.07, 6.45) is 1.21. The second kappa shape index (κ2) is 6.44. The summed E-state index contributed by atoms with van der Waals surface area (Å²) in [6.45, 7) is 8.30. The van der Waals surface area contributed by atoms with Gasteiger partial charge in [0, 0.05) is 13.7 Å². The van der Waals surface area contributed by atoms with Crippen molar-refractivity contribution in [2.45, 2.75) is 27.2 Å². The van der Waals surface area contributed by atoms with Crippen molar-refractivity contribution in [3.05, 3.63) is 0 Å². The molecule has 0 radical (unpaired) electrons. The van der Waals surface area contributed by atoms with Crippen LogP contribution in [-0.4, -0.2) is 20.3 Å². The van der Waals surface area contributed by atoms with E-state index in [-0.39, 0.29) is 0 Å². The Balaban J connectivity index is 3.78. The van der Waals surface area contributed by atoms with Gasteiger partial charge in [-0.2, -0.15) is 0 Å². The third-order valence-corrected chi connectivity index (χ3v) is 2.31. The molecule has 0 aromatic rings. The number of rotatable bonds is 6. The smallest absolute Gasteiger partial charge is 0.0490 e. The van der Waals surface area contributed by atoms with Crippen molar-refractivity contribution in [3.63, 3.8) is 0 Å². The van der Waals surface area contributed by atoms with E-state index >= 15 is 0 Å². The highest BCUT2D eigenvalue weighted by molar-refractivity contribution is 4.68. The molecule has 2 nitrogen and oxygen atoms in total. The molecule has 0 aromatic heterocycles. The maximum Gasteiger partial charge on any atom is 0.0490 e. The van der Waals surface area contributed by atoms with Crippen molar-refractivity contribution in [3.8, 4) is 0 Å². The summed E-state index contributed by atoms with van der Waals surface area (Å²) in [4.78, 5) is 0. The van der Waals surface area contributed by atoms with Gasteiger partial charge in [-0.15, -0.1) is 0 Å². The van der Waals surface area contributed by atoms with E-state index in [1.54, 1.807) is 7.11 Å². The average molecular weight is 173 g/mol. The van der Waals surface area contributed by atoms with E-state index in [1.165, 1.54) is 6.42 Å². The standard InChI is InChI=1S/C10H23NO/c1-8(2)5-10(6-11)9(3)7-12-4/h8-10H,5-7,11H2,1-4H3. The van der Waals surface area contributed by atoms with Crippen LogP contribution in [0.2, 0.25) is 0 Å². The van der Waals surface area contributed by atoms with Gasteiger partial charge >= 0.3 is 0 Å². The van der Waals surface area contributed by atoms with Crippen LogP contribution in [0.25, 0.3) is 0 Å². The third kappa shape index (κ3) is 4.73. The molecule has 0 bridgehead atoms. The molecule has 0 fully saturated rings. The summed E-state index contributed by atoms with van der Waals surface area (Å²) < 4.78 is 5.11. The van der Waals surface area contributed by atoms with Gasteiger partial charge in [0.05, 0.1) is 0 Å². The highest BCUT2D eigenvalue weighted by Crippen LogP contribution is 2.19. The molecule has 0 aliphatic carbocycles. The summed E-state index contributed by atoms with van der Waals surface area (Å²) in [7, 11) is 1.75. The fourth-order valence-electron chi connectivity index (χ4n) is 1.57. The van der Waals surface area contributed by atoms with Gasteiger partial charge in [0.25, 0.3) is 0 Å². The second-order valence-electron chi connectivity index (χ2n) is 4.06.